The van der Waals surface area contributed by atoms with Gasteiger partial charge in [0, 0.05) is 31.7 Å². The third-order valence-corrected chi connectivity index (χ3v) is 3.70. The molecule has 0 spiro atoms. The second-order valence-electron chi connectivity index (χ2n) is 4.72. The number of morpholine rings is 1. The molecule has 0 amide bonds. The molecule has 1 unspecified atom stereocenters. The Balaban J connectivity index is 1.98. The first-order valence-corrected chi connectivity index (χ1v) is 7.00. The van der Waals surface area contributed by atoms with Crippen molar-refractivity contribution in [3.8, 4) is 0 Å². The van der Waals surface area contributed by atoms with Gasteiger partial charge in [-0.25, -0.2) is 8.78 Å². The Bertz CT molecular complexity index is 439. The molecule has 1 aliphatic rings. The van der Waals surface area contributed by atoms with Crippen LogP contribution in [0.2, 0.25) is 0 Å². The smallest absolute Gasteiger partial charge is 0.144 e. The van der Waals surface area contributed by atoms with Gasteiger partial charge in [-0.1, -0.05) is 0 Å². The summed E-state index contributed by atoms with van der Waals surface area (Å²) in [7, 11) is 1.83. The second-order valence-corrected chi connectivity index (χ2v) is 5.57. The van der Waals surface area contributed by atoms with Gasteiger partial charge >= 0.3 is 0 Å². The average molecular weight is 335 g/mol. The van der Waals surface area contributed by atoms with Crippen molar-refractivity contribution in [1.82, 2.24) is 10.2 Å². The largest absolute Gasteiger partial charge is 0.374 e. The van der Waals surface area contributed by atoms with E-state index < -0.39 is 11.6 Å². The highest BCUT2D eigenvalue weighted by molar-refractivity contribution is 9.10. The number of benzene rings is 1. The fourth-order valence-corrected chi connectivity index (χ4v) is 2.50. The number of hydrogen-bond donors (Lipinski definition) is 1. The zero-order chi connectivity index (χ0) is 13.8. The maximum Gasteiger partial charge on any atom is 0.144 e. The monoisotopic (exact) mass is 334 g/mol. The van der Waals surface area contributed by atoms with Gasteiger partial charge in [-0.3, -0.25) is 4.90 Å². The molecule has 19 heavy (non-hydrogen) atoms. The summed E-state index contributed by atoms with van der Waals surface area (Å²) in [4.78, 5) is 1.87. The molecule has 3 nitrogen and oxygen atoms in total. The van der Waals surface area contributed by atoms with E-state index >= 15 is 0 Å². The third kappa shape index (κ3) is 3.95. The minimum Gasteiger partial charge on any atom is -0.374 e. The normalized spacial score (nSPS) is 19.9. The van der Waals surface area contributed by atoms with Crippen LogP contribution in [0.5, 0.6) is 0 Å². The minimum atomic E-state index is -0.533. The van der Waals surface area contributed by atoms with Gasteiger partial charge < -0.3 is 10.1 Å². The summed E-state index contributed by atoms with van der Waals surface area (Å²) in [6.07, 6.45) is 0.0667. The average Bonchev–Trinajstić information content (AvgIpc) is 2.40. The Morgan fingerprint density at radius 1 is 1.47 bits per heavy atom. The summed E-state index contributed by atoms with van der Waals surface area (Å²) in [5, 5.41) is 3.23. The summed E-state index contributed by atoms with van der Waals surface area (Å²) in [6, 6.07) is 2.65. The Morgan fingerprint density at radius 3 is 2.95 bits per heavy atom. The molecule has 0 bridgehead atoms. The van der Waals surface area contributed by atoms with E-state index in [1.807, 2.05) is 11.9 Å². The molecule has 1 fully saturated rings. The standard InChI is InChI=1S/C13H17BrF2N2O/c1-18(7-9-6-17-4-5-19-9)8-10-12(15)3-2-11(14)13(10)16/h2-3,9,17H,4-8H2,1H3. The van der Waals surface area contributed by atoms with Gasteiger partial charge in [0.1, 0.15) is 11.6 Å². The van der Waals surface area contributed by atoms with Crippen molar-refractivity contribution in [2.75, 3.05) is 33.3 Å². The molecule has 1 heterocycles. The van der Waals surface area contributed by atoms with Crippen molar-refractivity contribution in [1.29, 1.82) is 0 Å². The lowest BCUT2D eigenvalue weighted by Gasteiger charge is -2.28. The predicted molar refractivity (Wildman–Crippen MR) is 73.0 cm³/mol. The van der Waals surface area contributed by atoms with Crippen molar-refractivity contribution in [3.05, 3.63) is 33.8 Å². The highest BCUT2D eigenvalue weighted by atomic mass is 79.9. The van der Waals surface area contributed by atoms with Gasteiger partial charge in [0.15, 0.2) is 0 Å². The van der Waals surface area contributed by atoms with Crippen LogP contribution in [0.15, 0.2) is 16.6 Å². The molecule has 6 heteroatoms. The van der Waals surface area contributed by atoms with Crippen LogP contribution in [0, 0.1) is 11.6 Å². The van der Waals surface area contributed by atoms with Crippen LogP contribution < -0.4 is 5.32 Å². The Hall–Kier alpha value is -0.560. The molecule has 106 valence electrons. The topological polar surface area (TPSA) is 24.5 Å². The van der Waals surface area contributed by atoms with Gasteiger partial charge in [0.25, 0.3) is 0 Å². The number of nitrogens with one attached hydrogen (secondary N) is 1. The SMILES string of the molecule is CN(Cc1c(F)ccc(Br)c1F)CC1CNCCO1. The number of rotatable bonds is 4. The quantitative estimate of drug-likeness (QED) is 0.854. The summed E-state index contributed by atoms with van der Waals surface area (Å²) >= 11 is 3.07. The fraction of sp³-hybridized carbons (Fsp3) is 0.538. The molecule has 0 aliphatic carbocycles. The lowest BCUT2D eigenvalue weighted by atomic mass is 10.1. The number of ether oxygens (including phenoxy) is 1. The van der Waals surface area contributed by atoms with E-state index in [-0.39, 0.29) is 22.7 Å². The highest BCUT2D eigenvalue weighted by Gasteiger charge is 2.18. The van der Waals surface area contributed by atoms with Crippen molar-refractivity contribution < 1.29 is 13.5 Å². The number of halogens is 3. The van der Waals surface area contributed by atoms with Crippen LogP contribution in [-0.4, -0.2) is 44.3 Å². The van der Waals surface area contributed by atoms with E-state index in [4.69, 9.17) is 4.74 Å². The maximum atomic E-state index is 13.8. The minimum absolute atomic E-state index is 0.0667. The van der Waals surface area contributed by atoms with Gasteiger partial charge in [-0.05, 0) is 35.1 Å². The van der Waals surface area contributed by atoms with E-state index in [1.165, 1.54) is 12.1 Å². The first kappa shape index (κ1) is 14.8. The van der Waals surface area contributed by atoms with E-state index in [0.717, 1.165) is 13.1 Å². The summed E-state index contributed by atoms with van der Waals surface area (Å²) < 4.78 is 33.3. The summed E-state index contributed by atoms with van der Waals surface area (Å²) in [5.41, 5.74) is 0.0839. The Morgan fingerprint density at radius 2 is 2.26 bits per heavy atom. The molecule has 1 saturated heterocycles. The predicted octanol–water partition coefficient (Wildman–Crippen LogP) is 2.15. The van der Waals surface area contributed by atoms with E-state index in [0.29, 0.717) is 13.2 Å². The molecule has 0 radical (unpaired) electrons. The van der Waals surface area contributed by atoms with Gasteiger partial charge in [0.05, 0.1) is 17.2 Å². The Labute approximate surface area is 120 Å². The lowest BCUT2D eigenvalue weighted by Crippen LogP contribution is -2.44. The first-order chi connectivity index (χ1) is 9.08. The molecule has 1 atom stereocenters. The molecule has 2 rings (SSSR count). The van der Waals surface area contributed by atoms with Crippen molar-refractivity contribution in [2.45, 2.75) is 12.6 Å². The van der Waals surface area contributed by atoms with Gasteiger partial charge in [-0.2, -0.15) is 0 Å². The molecule has 1 aliphatic heterocycles. The molecule has 1 aromatic carbocycles. The van der Waals surface area contributed by atoms with E-state index in [1.54, 1.807) is 0 Å². The maximum absolute atomic E-state index is 13.8. The summed E-state index contributed by atoms with van der Waals surface area (Å²) in [6.45, 7) is 3.16. The van der Waals surface area contributed by atoms with Crippen LogP contribution in [0.3, 0.4) is 0 Å². The van der Waals surface area contributed by atoms with Crippen LogP contribution in [0.4, 0.5) is 8.78 Å². The van der Waals surface area contributed by atoms with Crippen molar-refractivity contribution in [3.63, 3.8) is 0 Å². The zero-order valence-electron chi connectivity index (χ0n) is 10.8. The van der Waals surface area contributed by atoms with Crippen LogP contribution >= 0.6 is 15.9 Å². The van der Waals surface area contributed by atoms with Gasteiger partial charge in [0.2, 0.25) is 0 Å². The Kier molecular flexibility index (Phi) is 5.27. The second kappa shape index (κ2) is 6.74. The molecule has 1 N–H and O–H groups in total. The molecule has 0 saturated carbocycles. The van der Waals surface area contributed by atoms with E-state index in [9.17, 15) is 8.78 Å². The van der Waals surface area contributed by atoms with Gasteiger partial charge in [-0.15, -0.1) is 0 Å². The molecular weight excluding hydrogens is 318 g/mol. The van der Waals surface area contributed by atoms with Crippen LogP contribution in [0.1, 0.15) is 5.56 Å². The molecule has 0 aromatic heterocycles. The lowest BCUT2D eigenvalue weighted by molar-refractivity contribution is 0.00854. The molecule has 1 aromatic rings. The van der Waals surface area contributed by atoms with Crippen molar-refractivity contribution >= 4 is 15.9 Å². The molecular formula is C13H17BrF2N2O. The fourth-order valence-electron chi connectivity index (χ4n) is 2.13. The van der Waals surface area contributed by atoms with E-state index in [2.05, 4.69) is 21.2 Å². The number of likely N-dealkylation sites (N-methyl/N-ethyl adjacent to an activating group) is 1. The third-order valence-electron chi connectivity index (χ3n) is 3.09. The highest BCUT2D eigenvalue weighted by Crippen LogP contribution is 2.22. The summed E-state index contributed by atoms with van der Waals surface area (Å²) in [5.74, 6) is -1.05. The first-order valence-electron chi connectivity index (χ1n) is 6.21. The number of nitrogens with zero attached hydrogens (tertiary/aromatic N) is 1. The zero-order valence-corrected chi connectivity index (χ0v) is 12.3. The van der Waals surface area contributed by atoms with Crippen LogP contribution in [0.25, 0.3) is 0 Å². The van der Waals surface area contributed by atoms with Crippen LogP contribution in [-0.2, 0) is 11.3 Å². The van der Waals surface area contributed by atoms with Crippen molar-refractivity contribution in [2.24, 2.45) is 0 Å². The number of hydrogen-bond acceptors (Lipinski definition) is 3.